The Morgan fingerprint density at radius 3 is 2.50 bits per heavy atom. The molecule has 1 aromatic heterocycles. The highest BCUT2D eigenvalue weighted by molar-refractivity contribution is 7.10. The van der Waals surface area contributed by atoms with Gasteiger partial charge < -0.3 is 5.32 Å². The molecule has 0 bridgehead atoms. The van der Waals surface area contributed by atoms with Crippen molar-refractivity contribution in [2.24, 2.45) is 0 Å². The molecule has 104 valence electrons. The van der Waals surface area contributed by atoms with E-state index in [0.717, 1.165) is 11.6 Å². The first-order valence-corrected chi connectivity index (χ1v) is 8.51. The first-order chi connectivity index (χ1) is 8.79. The van der Waals surface area contributed by atoms with Crippen LogP contribution in [0.15, 0.2) is 11.4 Å². The van der Waals surface area contributed by atoms with Crippen LogP contribution < -0.4 is 5.32 Å². The average Bonchev–Trinajstić information content (AvgIpc) is 2.78. The van der Waals surface area contributed by atoms with Crippen molar-refractivity contribution in [1.29, 1.82) is 0 Å². The number of thiophene rings is 1. The topological polar surface area (TPSA) is 12.0 Å². The van der Waals surface area contributed by atoms with Crippen LogP contribution in [0.3, 0.4) is 0 Å². The number of hydrogen-bond acceptors (Lipinski definition) is 2. The Balaban J connectivity index is 2.29. The fourth-order valence-corrected chi connectivity index (χ4v) is 3.55. The average molecular weight is 288 g/mol. The minimum Gasteiger partial charge on any atom is -0.309 e. The third-order valence-electron chi connectivity index (χ3n) is 3.26. The Labute approximate surface area is 121 Å². The second kappa shape index (κ2) is 9.82. The van der Waals surface area contributed by atoms with Crippen molar-refractivity contribution in [2.75, 3.05) is 6.54 Å². The van der Waals surface area contributed by atoms with E-state index < -0.39 is 0 Å². The van der Waals surface area contributed by atoms with Gasteiger partial charge in [0.2, 0.25) is 0 Å². The van der Waals surface area contributed by atoms with Gasteiger partial charge in [0.25, 0.3) is 0 Å². The second-order valence-electron chi connectivity index (χ2n) is 4.80. The van der Waals surface area contributed by atoms with Crippen molar-refractivity contribution in [3.05, 3.63) is 21.3 Å². The van der Waals surface area contributed by atoms with E-state index in [4.69, 9.17) is 11.6 Å². The van der Waals surface area contributed by atoms with Crippen molar-refractivity contribution < 1.29 is 0 Å². The van der Waals surface area contributed by atoms with Crippen LogP contribution in [0.25, 0.3) is 0 Å². The van der Waals surface area contributed by atoms with Crippen molar-refractivity contribution in [3.63, 3.8) is 0 Å². The first-order valence-electron chi connectivity index (χ1n) is 7.25. The third kappa shape index (κ3) is 5.73. The lowest BCUT2D eigenvalue weighted by molar-refractivity contribution is 0.482. The molecule has 1 heterocycles. The van der Waals surface area contributed by atoms with Crippen LogP contribution in [0.2, 0.25) is 5.02 Å². The predicted molar refractivity (Wildman–Crippen MR) is 83.7 cm³/mol. The van der Waals surface area contributed by atoms with Crippen LogP contribution in [-0.4, -0.2) is 6.54 Å². The third-order valence-corrected chi connectivity index (χ3v) is 4.73. The molecule has 1 rings (SSSR count). The summed E-state index contributed by atoms with van der Waals surface area (Å²) in [5.41, 5.74) is 0. The van der Waals surface area contributed by atoms with Crippen LogP contribution in [-0.2, 0) is 0 Å². The largest absolute Gasteiger partial charge is 0.309 e. The second-order valence-corrected chi connectivity index (χ2v) is 6.15. The summed E-state index contributed by atoms with van der Waals surface area (Å²) in [4.78, 5) is 1.31. The van der Waals surface area contributed by atoms with Gasteiger partial charge in [-0.15, -0.1) is 11.3 Å². The van der Waals surface area contributed by atoms with E-state index in [0.29, 0.717) is 6.04 Å². The minimum absolute atomic E-state index is 0.452. The molecule has 1 N–H and O–H groups in total. The molecule has 0 aliphatic heterocycles. The maximum Gasteiger partial charge on any atom is 0.0561 e. The molecular weight excluding hydrogens is 262 g/mol. The van der Waals surface area contributed by atoms with E-state index in [1.165, 1.54) is 49.8 Å². The van der Waals surface area contributed by atoms with Gasteiger partial charge >= 0.3 is 0 Å². The number of nitrogens with one attached hydrogen (secondary N) is 1. The van der Waals surface area contributed by atoms with E-state index >= 15 is 0 Å². The van der Waals surface area contributed by atoms with E-state index in [2.05, 4.69) is 24.5 Å². The molecule has 0 aliphatic rings. The summed E-state index contributed by atoms with van der Waals surface area (Å²) in [5, 5.41) is 6.57. The first kappa shape index (κ1) is 16.0. The highest BCUT2D eigenvalue weighted by atomic mass is 35.5. The molecule has 0 saturated carbocycles. The number of unbranched alkanes of at least 4 members (excludes halogenated alkanes) is 5. The minimum atomic E-state index is 0.452. The number of halogens is 1. The van der Waals surface area contributed by atoms with Crippen molar-refractivity contribution in [1.82, 2.24) is 5.32 Å². The molecule has 0 amide bonds. The summed E-state index contributed by atoms with van der Waals surface area (Å²) in [6.45, 7) is 5.43. The summed E-state index contributed by atoms with van der Waals surface area (Å²) in [7, 11) is 0. The molecule has 0 radical (unpaired) electrons. The molecule has 18 heavy (non-hydrogen) atoms. The maximum absolute atomic E-state index is 6.22. The van der Waals surface area contributed by atoms with Gasteiger partial charge in [0.1, 0.15) is 0 Å². The van der Waals surface area contributed by atoms with Gasteiger partial charge in [-0.2, -0.15) is 0 Å². The van der Waals surface area contributed by atoms with Crippen LogP contribution in [0.1, 0.15) is 69.7 Å². The lowest BCUT2D eigenvalue weighted by atomic mass is 10.0. The quantitative estimate of drug-likeness (QED) is 0.536. The zero-order valence-electron chi connectivity index (χ0n) is 11.7. The Bertz CT molecular complexity index is 311. The lowest BCUT2D eigenvalue weighted by Gasteiger charge is -2.17. The SMILES string of the molecule is CCCCCCCCC(NCC)c1sccc1Cl. The molecule has 1 nitrogen and oxygen atoms in total. The van der Waals surface area contributed by atoms with Crippen molar-refractivity contribution >= 4 is 22.9 Å². The van der Waals surface area contributed by atoms with Crippen LogP contribution in [0.5, 0.6) is 0 Å². The molecular formula is C15H26ClNS. The molecule has 0 spiro atoms. The normalized spacial score (nSPS) is 12.8. The van der Waals surface area contributed by atoms with Gasteiger partial charge in [-0.1, -0.05) is 64.0 Å². The van der Waals surface area contributed by atoms with Gasteiger partial charge in [-0.25, -0.2) is 0 Å². The summed E-state index contributed by atoms with van der Waals surface area (Å²) in [6, 6.07) is 2.46. The molecule has 0 saturated heterocycles. The Morgan fingerprint density at radius 1 is 1.17 bits per heavy atom. The van der Waals surface area contributed by atoms with Gasteiger partial charge in [-0.05, 0) is 24.4 Å². The predicted octanol–water partition coefficient (Wildman–Crippen LogP) is 5.80. The van der Waals surface area contributed by atoms with Crippen molar-refractivity contribution in [3.8, 4) is 0 Å². The molecule has 1 atom stereocenters. The molecule has 0 aromatic carbocycles. The zero-order chi connectivity index (χ0) is 13.2. The van der Waals surface area contributed by atoms with Crippen LogP contribution in [0.4, 0.5) is 0 Å². The summed E-state index contributed by atoms with van der Waals surface area (Å²) in [6.07, 6.45) is 9.34. The van der Waals surface area contributed by atoms with Crippen molar-refractivity contribution in [2.45, 2.75) is 64.8 Å². The monoisotopic (exact) mass is 287 g/mol. The number of hydrogen-bond donors (Lipinski definition) is 1. The van der Waals surface area contributed by atoms with Gasteiger partial charge in [0.15, 0.2) is 0 Å². The van der Waals surface area contributed by atoms with Gasteiger partial charge in [0, 0.05) is 10.9 Å². The van der Waals surface area contributed by atoms with Crippen LogP contribution in [0, 0.1) is 0 Å². The molecule has 1 aromatic rings. The van der Waals surface area contributed by atoms with E-state index in [9.17, 15) is 0 Å². The van der Waals surface area contributed by atoms with Gasteiger partial charge in [-0.3, -0.25) is 0 Å². The summed E-state index contributed by atoms with van der Waals surface area (Å²) >= 11 is 8.00. The summed E-state index contributed by atoms with van der Waals surface area (Å²) in [5.74, 6) is 0. The maximum atomic E-state index is 6.22. The fourth-order valence-electron chi connectivity index (χ4n) is 2.26. The Kier molecular flexibility index (Phi) is 8.74. The lowest BCUT2D eigenvalue weighted by Crippen LogP contribution is -2.20. The van der Waals surface area contributed by atoms with E-state index in [1.807, 2.05) is 6.07 Å². The fraction of sp³-hybridized carbons (Fsp3) is 0.733. The standard InChI is InChI=1S/C15H26ClNS/c1-3-5-6-7-8-9-10-14(17-4-2)15-13(16)11-12-18-15/h11-12,14,17H,3-10H2,1-2H3. The van der Waals surface area contributed by atoms with E-state index in [1.54, 1.807) is 11.3 Å². The number of rotatable bonds is 10. The summed E-state index contributed by atoms with van der Waals surface area (Å²) < 4.78 is 0. The Morgan fingerprint density at radius 2 is 1.89 bits per heavy atom. The van der Waals surface area contributed by atoms with Crippen LogP contribution >= 0.6 is 22.9 Å². The highest BCUT2D eigenvalue weighted by Gasteiger charge is 2.14. The Hall–Kier alpha value is -0.0500. The van der Waals surface area contributed by atoms with E-state index in [-0.39, 0.29) is 0 Å². The van der Waals surface area contributed by atoms with Gasteiger partial charge in [0.05, 0.1) is 5.02 Å². The smallest absolute Gasteiger partial charge is 0.0561 e. The highest BCUT2D eigenvalue weighted by Crippen LogP contribution is 2.31. The molecule has 1 unspecified atom stereocenters. The molecule has 0 aliphatic carbocycles. The molecule has 0 fully saturated rings. The zero-order valence-corrected chi connectivity index (χ0v) is 13.2. The molecule has 3 heteroatoms.